The van der Waals surface area contributed by atoms with Crippen molar-refractivity contribution in [3.8, 4) is 0 Å². The highest BCUT2D eigenvalue weighted by Crippen LogP contribution is 2.29. The Balaban J connectivity index is 2.43. The Hall–Kier alpha value is -1.28. The fourth-order valence-electron chi connectivity index (χ4n) is 2.54. The minimum atomic E-state index is 0.473. The predicted octanol–water partition coefficient (Wildman–Crippen LogP) is 4.69. The van der Waals surface area contributed by atoms with Crippen molar-refractivity contribution in [2.45, 2.75) is 60.0 Å². The summed E-state index contributed by atoms with van der Waals surface area (Å²) in [5, 5.41) is 4.78. The molecule has 0 amide bonds. The topological polar surface area (TPSA) is 25.2 Å². The molecule has 0 aliphatic carbocycles. The van der Waals surface area contributed by atoms with Crippen LogP contribution in [0.4, 0.5) is 0 Å². The number of furan rings is 1. The molecular weight excluding hydrogens is 246 g/mol. The van der Waals surface area contributed by atoms with E-state index in [9.17, 15) is 0 Å². The lowest BCUT2D eigenvalue weighted by Gasteiger charge is -2.09. The monoisotopic (exact) mass is 273 g/mol. The summed E-state index contributed by atoms with van der Waals surface area (Å²) in [5.74, 6) is 1.74. The zero-order valence-corrected chi connectivity index (χ0v) is 13.4. The average Bonchev–Trinajstić information content (AvgIpc) is 2.73. The molecule has 0 bridgehead atoms. The van der Waals surface area contributed by atoms with Crippen LogP contribution in [-0.4, -0.2) is 6.04 Å². The summed E-state index contributed by atoms with van der Waals surface area (Å²) in [6, 6.07) is 7.07. The van der Waals surface area contributed by atoms with E-state index in [1.54, 1.807) is 0 Å². The summed E-state index contributed by atoms with van der Waals surface area (Å²) in [4.78, 5) is 0. The van der Waals surface area contributed by atoms with Crippen LogP contribution in [0, 0.1) is 5.92 Å². The SMILES string of the molecule is CCc1ccc2oc(CNC(C)C)c(CC(C)C)c2c1. The summed E-state index contributed by atoms with van der Waals surface area (Å²) >= 11 is 0. The number of benzene rings is 1. The van der Waals surface area contributed by atoms with Crippen LogP contribution >= 0.6 is 0 Å². The summed E-state index contributed by atoms with van der Waals surface area (Å²) in [6.45, 7) is 11.9. The van der Waals surface area contributed by atoms with Gasteiger partial charge in [0.2, 0.25) is 0 Å². The van der Waals surface area contributed by atoms with Crippen LogP contribution in [-0.2, 0) is 19.4 Å². The molecule has 2 aromatic rings. The number of fused-ring (bicyclic) bond motifs is 1. The second kappa shape index (κ2) is 6.45. The van der Waals surface area contributed by atoms with Crippen LogP contribution in [0.3, 0.4) is 0 Å². The van der Waals surface area contributed by atoms with E-state index in [2.05, 4.69) is 58.1 Å². The van der Waals surface area contributed by atoms with Crippen molar-refractivity contribution in [2.75, 3.05) is 0 Å². The first kappa shape index (κ1) is 15.1. The molecule has 0 saturated carbocycles. The van der Waals surface area contributed by atoms with Gasteiger partial charge in [-0.25, -0.2) is 0 Å². The molecule has 0 aliphatic rings. The van der Waals surface area contributed by atoms with Crippen LogP contribution in [0.5, 0.6) is 0 Å². The highest BCUT2D eigenvalue weighted by atomic mass is 16.3. The molecule has 0 atom stereocenters. The number of hydrogen-bond acceptors (Lipinski definition) is 2. The Morgan fingerprint density at radius 1 is 1.15 bits per heavy atom. The van der Waals surface area contributed by atoms with Gasteiger partial charge in [-0.3, -0.25) is 0 Å². The van der Waals surface area contributed by atoms with Crippen molar-refractivity contribution >= 4 is 11.0 Å². The second-order valence-corrected chi connectivity index (χ2v) is 6.32. The van der Waals surface area contributed by atoms with Crippen molar-refractivity contribution in [1.29, 1.82) is 0 Å². The van der Waals surface area contributed by atoms with Gasteiger partial charge in [0.1, 0.15) is 11.3 Å². The first-order valence-corrected chi connectivity index (χ1v) is 7.77. The van der Waals surface area contributed by atoms with Gasteiger partial charge in [0.15, 0.2) is 0 Å². The molecule has 20 heavy (non-hydrogen) atoms. The third kappa shape index (κ3) is 3.43. The second-order valence-electron chi connectivity index (χ2n) is 6.32. The molecule has 1 heterocycles. The van der Waals surface area contributed by atoms with E-state index in [1.165, 1.54) is 16.5 Å². The number of hydrogen-bond donors (Lipinski definition) is 1. The lowest BCUT2D eigenvalue weighted by Crippen LogP contribution is -2.22. The van der Waals surface area contributed by atoms with Crippen LogP contribution in [0.25, 0.3) is 11.0 Å². The van der Waals surface area contributed by atoms with Crippen LogP contribution in [0.2, 0.25) is 0 Å². The Bertz CT molecular complexity index is 566. The van der Waals surface area contributed by atoms with Crippen LogP contribution < -0.4 is 5.32 Å². The van der Waals surface area contributed by atoms with E-state index in [0.717, 1.165) is 30.7 Å². The molecule has 2 rings (SSSR count). The Kier molecular flexibility index (Phi) is 4.87. The summed E-state index contributed by atoms with van der Waals surface area (Å²) in [7, 11) is 0. The van der Waals surface area contributed by atoms with Crippen molar-refractivity contribution in [1.82, 2.24) is 5.32 Å². The van der Waals surface area contributed by atoms with Gasteiger partial charge >= 0.3 is 0 Å². The van der Waals surface area contributed by atoms with Crippen molar-refractivity contribution in [3.05, 3.63) is 35.1 Å². The van der Waals surface area contributed by atoms with E-state index in [-0.39, 0.29) is 0 Å². The summed E-state index contributed by atoms with van der Waals surface area (Å²) in [6.07, 6.45) is 2.15. The van der Waals surface area contributed by atoms with Crippen molar-refractivity contribution in [3.63, 3.8) is 0 Å². The minimum absolute atomic E-state index is 0.473. The Morgan fingerprint density at radius 3 is 2.50 bits per heavy atom. The van der Waals surface area contributed by atoms with Gasteiger partial charge in [-0.15, -0.1) is 0 Å². The maximum atomic E-state index is 6.09. The number of nitrogens with one attached hydrogen (secondary N) is 1. The smallest absolute Gasteiger partial charge is 0.134 e. The van der Waals surface area contributed by atoms with Gasteiger partial charge in [0.05, 0.1) is 6.54 Å². The molecule has 1 aromatic heterocycles. The van der Waals surface area contributed by atoms with E-state index in [0.29, 0.717) is 12.0 Å². The zero-order chi connectivity index (χ0) is 14.7. The highest BCUT2D eigenvalue weighted by molar-refractivity contribution is 5.83. The van der Waals surface area contributed by atoms with E-state index in [1.807, 2.05) is 0 Å². The van der Waals surface area contributed by atoms with Gasteiger partial charge in [0.25, 0.3) is 0 Å². The third-order valence-electron chi connectivity index (χ3n) is 3.63. The summed E-state index contributed by atoms with van der Waals surface area (Å²) in [5.41, 5.74) is 3.79. The molecule has 2 nitrogen and oxygen atoms in total. The normalized spacial score (nSPS) is 11.9. The molecule has 0 spiro atoms. The molecule has 0 unspecified atom stereocenters. The van der Waals surface area contributed by atoms with Crippen molar-refractivity contribution < 1.29 is 4.42 Å². The number of rotatable bonds is 6. The molecule has 2 heteroatoms. The highest BCUT2D eigenvalue weighted by Gasteiger charge is 2.15. The lowest BCUT2D eigenvalue weighted by molar-refractivity contribution is 0.478. The predicted molar refractivity (Wildman–Crippen MR) is 86.1 cm³/mol. The average molecular weight is 273 g/mol. The molecular formula is C18H27NO. The Labute approximate surface area is 122 Å². The van der Waals surface area contributed by atoms with Gasteiger partial charge in [-0.05, 0) is 36.5 Å². The third-order valence-corrected chi connectivity index (χ3v) is 3.63. The molecule has 1 N–H and O–H groups in total. The van der Waals surface area contributed by atoms with E-state index >= 15 is 0 Å². The summed E-state index contributed by atoms with van der Waals surface area (Å²) < 4.78 is 6.09. The largest absolute Gasteiger partial charge is 0.459 e. The fourth-order valence-corrected chi connectivity index (χ4v) is 2.54. The lowest BCUT2D eigenvalue weighted by atomic mass is 9.98. The van der Waals surface area contributed by atoms with Gasteiger partial charge < -0.3 is 9.73 Å². The van der Waals surface area contributed by atoms with Crippen LogP contribution in [0.1, 0.15) is 51.5 Å². The molecule has 0 saturated heterocycles. The number of aryl methyl sites for hydroxylation is 1. The first-order valence-electron chi connectivity index (χ1n) is 7.77. The minimum Gasteiger partial charge on any atom is -0.459 e. The standard InChI is InChI=1S/C18H27NO/c1-6-14-7-8-17-16(10-14)15(9-12(2)3)18(20-17)11-19-13(4)5/h7-8,10,12-13,19H,6,9,11H2,1-5H3. The van der Waals surface area contributed by atoms with E-state index < -0.39 is 0 Å². The molecule has 0 fully saturated rings. The zero-order valence-electron chi connectivity index (χ0n) is 13.4. The quantitative estimate of drug-likeness (QED) is 0.826. The molecule has 1 aromatic carbocycles. The van der Waals surface area contributed by atoms with Gasteiger partial charge in [0, 0.05) is 17.0 Å². The maximum absolute atomic E-state index is 6.09. The van der Waals surface area contributed by atoms with Crippen molar-refractivity contribution in [2.24, 2.45) is 5.92 Å². The van der Waals surface area contributed by atoms with Gasteiger partial charge in [-0.1, -0.05) is 40.7 Å². The molecule has 110 valence electrons. The first-order chi connectivity index (χ1) is 9.51. The van der Waals surface area contributed by atoms with E-state index in [4.69, 9.17) is 4.42 Å². The Morgan fingerprint density at radius 2 is 1.90 bits per heavy atom. The van der Waals surface area contributed by atoms with Crippen LogP contribution in [0.15, 0.2) is 22.6 Å². The molecule has 0 aliphatic heterocycles. The maximum Gasteiger partial charge on any atom is 0.134 e. The fraction of sp³-hybridized carbons (Fsp3) is 0.556. The molecule has 0 radical (unpaired) electrons. The van der Waals surface area contributed by atoms with Gasteiger partial charge in [-0.2, -0.15) is 0 Å².